The molecule has 0 saturated heterocycles. The Morgan fingerprint density at radius 1 is 1.21 bits per heavy atom. The van der Waals surface area contributed by atoms with Crippen LogP contribution in [-0.4, -0.2) is 37.9 Å². The summed E-state index contributed by atoms with van der Waals surface area (Å²) in [5, 5.41) is 1.39. The zero-order valence-corrected chi connectivity index (χ0v) is 18.5. The number of aromatic amines is 1. The second-order valence-electron chi connectivity index (χ2n) is 7.64. The number of nitrogens with one attached hydrogen (secondary N) is 1. The van der Waals surface area contributed by atoms with E-state index in [0.29, 0.717) is 16.7 Å². The summed E-state index contributed by atoms with van der Waals surface area (Å²) in [6, 6.07) is 9.62. The van der Waals surface area contributed by atoms with Crippen molar-refractivity contribution in [2.24, 2.45) is 5.92 Å². The smallest absolute Gasteiger partial charge is 0.283 e. The van der Waals surface area contributed by atoms with Gasteiger partial charge in [0.05, 0.1) is 17.8 Å². The Labute approximate surface area is 179 Å². The summed E-state index contributed by atoms with van der Waals surface area (Å²) in [7, 11) is 0. The molecule has 1 N–H and O–H groups in total. The van der Waals surface area contributed by atoms with E-state index in [-0.39, 0.29) is 5.56 Å². The molecule has 0 radical (unpaired) electrons. The minimum Gasteiger partial charge on any atom is -0.493 e. The van der Waals surface area contributed by atoms with Crippen LogP contribution in [0.1, 0.15) is 33.1 Å². The molecule has 1 aromatic carbocycles. The predicted octanol–water partition coefficient (Wildman–Crippen LogP) is 5.13. The van der Waals surface area contributed by atoms with Crippen molar-refractivity contribution in [3.8, 4) is 11.4 Å². The highest BCUT2D eigenvalue weighted by molar-refractivity contribution is 8.00. The Morgan fingerprint density at radius 3 is 2.72 bits per heavy atom. The van der Waals surface area contributed by atoms with E-state index < -0.39 is 0 Å². The Kier molecular flexibility index (Phi) is 6.55. The molecule has 2 aromatic heterocycles. The minimum atomic E-state index is -0.0642. The lowest BCUT2D eigenvalue weighted by Gasteiger charge is -2.13. The molecule has 7 heteroatoms. The van der Waals surface area contributed by atoms with Crippen LogP contribution in [0.2, 0.25) is 0 Å². The number of ether oxygens (including phenoxy) is 1. The van der Waals surface area contributed by atoms with Crippen LogP contribution in [0.4, 0.5) is 0 Å². The summed E-state index contributed by atoms with van der Waals surface area (Å²) in [5.74, 6) is 3.62. The van der Waals surface area contributed by atoms with Gasteiger partial charge in [-0.05, 0) is 66.5 Å². The van der Waals surface area contributed by atoms with Crippen LogP contribution >= 0.6 is 23.5 Å². The Bertz CT molecular complexity index is 1010. The van der Waals surface area contributed by atoms with E-state index in [9.17, 15) is 4.79 Å². The number of thioether (sulfide) groups is 2. The van der Waals surface area contributed by atoms with Crippen molar-refractivity contribution in [3.63, 3.8) is 0 Å². The summed E-state index contributed by atoms with van der Waals surface area (Å²) in [4.78, 5) is 20.9. The first kappa shape index (κ1) is 20.4. The SMILES string of the molecule is CC(C)SCCCSc1nc2cc[nH]c2c(=O)n1-c1ccc(OCC2CC2)cc1. The van der Waals surface area contributed by atoms with E-state index >= 15 is 0 Å². The van der Waals surface area contributed by atoms with Gasteiger partial charge in [-0.25, -0.2) is 4.98 Å². The van der Waals surface area contributed by atoms with Gasteiger partial charge in [-0.15, -0.1) is 0 Å². The molecule has 0 unspecified atom stereocenters. The first-order valence-electron chi connectivity index (χ1n) is 10.2. The molecule has 0 bridgehead atoms. The molecule has 1 saturated carbocycles. The van der Waals surface area contributed by atoms with E-state index in [1.165, 1.54) is 12.8 Å². The highest BCUT2D eigenvalue weighted by atomic mass is 32.2. The molecule has 0 atom stereocenters. The fourth-order valence-electron chi connectivity index (χ4n) is 3.03. The highest BCUT2D eigenvalue weighted by Crippen LogP contribution is 2.30. The first-order valence-corrected chi connectivity index (χ1v) is 12.2. The number of hydrogen-bond acceptors (Lipinski definition) is 5. The molecule has 5 nitrogen and oxygen atoms in total. The molecule has 0 aliphatic heterocycles. The Morgan fingerprint density at radius 2 is 2.00 bits per heavy atom. The number of rotatable bonds is 10. The van der Waals surface area contributed by atoms with Gasteiger partial charge in [0.25, 0.3) is 5.56 Å². The molecule has 0 spiro atoms. The van der Waals surface area contributed by atoms with Crippen molar-refractivity contribution in [1.82, 2.24) is 14.5 Å². The van der Waals surface area contributed by atoms with Gasteiger partial charge in [-0.3, -0.25) is 9.36 Å². The summed E-state index contributed by atoms with van der Waals surface area (Å²) < 4.78 is 7.55. The van der Waals surface area contributed by atoms with E-state index in [1.54, 1.807) is 22.5 Å². The van der Waals surface area contributed by atoms with Crippen molar-refractivity contribution in [3.05, 3.63) is 46.9 Å². The monoisotopic (exact) mass is 429 g/mol. The molecular formula is C22H27N3O2S2. The molecule has 1 aliphatic rings. The molecule has 3 aromatic rings. The zero-order chi connectivity index (χ0) is 20.2. The van der Waals surface area contributed by atoms with Gasteiger partial charge in [0, 0.05) is 11.9 Å². The number of benzene rings is 1. The maximum Gasteiger partial charge on any atom is 0.283 e. The molecule has 2 heterocycles. The van der Waals surface area contributed by atoms with Crippen molar-refractivity contribution in [2.45, 2.75) is 43.5 Å². The zero-order valence-electron chi connectivity index (χ0n) is 16.9. The molecule has 1 aliphatic carbocycles. The van der Waals surface area contributed by atoms with Crippen LogP contribution < -0.4 is 10.3 Å². The molecule has 29 heavy (non-hydrogen) atoms. The summed E-state index contributed by atoms with van der Waals surface area (Å²) in [6.45, 7) is 5.22. The van der Waals surface area contributed by atoms with Crippen LogP contribution in [-0.2, 0) is 0 Å². The first-order chi connectivity index (χ1) is 14.1. The Balaban J connectivity index is 1.55. The number of aromatic nitrogens is 3. The second-order valence-corrected chi connectivity index (χ2v) is 10.4. The highest BCUT2D eigenvalue weighted by Gasteiger charge is 2.22. The topological polar surface area (TPSA) is 59.9 Å². The Hall–Kier alpha value is -1.86. The average Bonchev–Trinajstić information content (AvgIpc) is 3.42. The van der Waals surface area contributed by atoms with E-state index in [1.807, 2.05) is 42.1 Å². The average molecular weight is 430 g/mol. The van der Waals surface area contributed by atoms with Crippen molar-refractivity contribution >= 4 is 34.6 Å². The molecule has 154 valence electrons. The number of fused-ring (bicyclic) bond motifs is 1. The third-order valence-electron chi connectivity index (χ3n) is 4.80. The minimum absolute atomic E-state index is 0.0642. The van der Waals surface area contributed by atoms with Crippen LogP contribution in [0.5, 0.6) is 5.75 Å². The third kappa shape index (κ3) is 5.20. The van der Waals surface area contributed by atoms with Gasteiger partial charge in [-0.1, -0.05) is 25.6 Å². The van der Waals surface area contributed by atoms with Gasteiger partial charge < -0.3 is 9.72 Å². The summed E-state index contributed by atoms with van der Waals surface area (Å²) >= 11 is 3.61. The number of hydrogen-bond donors (Lipinski definition) is 1. The lowest BCUT2D eigenvalue weighted by Crippen LogP contribution is -2.21. The standard InChI is InChI=1S/C22H27N3O2S2/c1-15(2)28-12-3-13-29-22-24-19-10-11-23-20(19)21(26)25(22)17-6-8-18(9-7-17)27-14-16-4-5-16/h6-11,15-16,23H,3-5,12-14H2,1-2H3. The fraction of sp³-hybridized carbons (Fsp3) is 0.455. The van der Waals surface area contributed by atoms with Crippen molar-refractivity contribution < 1.29 is 4.74 Å². The lowest BCUT2D eigenvalue weighted by atomic mass is 10.3. The maximum absolute atomic E-state index is 13.1. The largest absolute Gasteiger partial charge is 0.493 e. The molecular weight excluding hydrogens is 402 g/mol. The maximum atomic E-state index is 13.1. The normalized spacial score (nSPS) is 14.0. The van der Waals surface area contributed by atoms with Gasteiger partial charge in [-0.2, -0.15) is 11.8 Å². The second kappa shape index (κ2) is 9.30. The van der Waals surface area contributed by atoms with E-state index in [4.69, 9.17) is 9.72 Å². The van der Waals surface area contributed by atoms with E-state index in [2.05, 4.69) is 18.8 Å². The van der Waals surface area contributed by atoms with E-state index in [0.717, 1.165) is 46.6 Å². The molecule has 0 amide bonds. The van der Waals surface area contributed by atoms with Crippen LogP contribution in [0.15, 0.2) is 46.5 Å². The summed E-state index contributed by atoms with van der Waals surface area (Å²) in [6.07, 6.45) is 5.39. The molecule has 4 rings (SSSR count). The number of H-pyrrole nitrogens is 1. The predicted molar refractivity (Wildman–Crippen MR) is 123 cm³/mol. The van der Waals surface area contributed by atoms with Crippen LogP contribution in [0.3, 0.4) is 0 Å². The number of nitrogens with zero attached hydrogens (tertiary/aromatic N) is 2. The molecule has 1 fully saturated rings. The quantitative estimate of drug-likeness (QED) is 0.275. The van der Waals surface area contributed by atoms with Gasteiger partial charge in [0.15, 0.2) is 5.16 Å². The van der Waals surface area contributed by atoms with Gasteiger partial charge in [0.1, 0.15) is 11.3 Å². The fourth-order valence-corrected chi connectivity index (χ4v) is 4.95. The van der Waals surface area contributed by atoms with Crippen molar-refractivity contribution in [2.75, 3.05) is 18.1 Å². The van der Waals surface area contributed by atoms with Gasteiger partial charge in [0.2, 0.25) is 0 Å². The third-order valence-corrected chi connectivity index (χ3v) is 7.01. The lowest BCUT2D eigenvalue weighted by molar-refractivity contribution is 0.300. The van der Waals surface area contributed by atoms with Crippen LogP contribution in [0, 0.1) is 5.92 Å². The van der Waals surface area contributed by atoms with Gasteiger partial charge >= 0.3 is 0 Å². The van der Waals surface area contributed by atoms with Crippen molar-refractivity contribution in [1.29, 1.82) is 0 Å². The summed E-state index contributed by atoms with van der Waals surface area (Å²) in [5.41, 5.74) is 2.01. The van der Waals surface area contributed by atoms with Crippen LogP contribution in [0.25, 0.3) is 16.7 Å².